The van der Waals surface area contributed by atoms with Gasteiger partial charge in [-0.3, -0.25) is 4.90 Å². The standard InChI is InChI=1S/C15H24N2O/c1-16(11-14-7-3-2-4-8-14)12-15(18)13-17-9-5-6-10-17/h2-4,7-8,15,18H,5-6,9-13H2,1H3/t15-/m1/s1. The maximum atomic E-state index is 10.1. The van der Waals surface area contributed by atoms with E-state index in [0.29, 0.717) is 0 Å². The third-order valence-electron chi connectivity index (χ3n) is 3.49. The van der Waals surface area contributed by atoms with Crippen LogP contribution in [-0.2, 0) is 6.54 Å². The van der Waals surface area contributed by atoms with Crippen LogP contribution < -0.4 is 0 Å². The van der Waals surface area contributed by atoms with Gasteiger partial charge in [-0.25, -0.2) is 0 Å². The number of hydrogen-bond acceptors (Lipinski definition) is 3. The summed E-state index contributed by atoms with van der Waals surface area (Å²) in [5.74, 6) is 0. The van der Waals surface area contributed by atoms with Crippen LogP contribution in [0, 0.1) is 0 Å². The lowest BCUT2D eigenvalue weighted by atomic mass is 10.2. The van der Waals surface area contributed by atoms with Crippen LogP contribution in [0.15, 0.2) is 30.3 Å². The minimum absolute atomic E-state index is 0.239. The van der Waals surface area contributed by atoms with Crippen LogP contribution in [0.2, 0.25) is 0 Å². The molecule has 0 bridgehead atoms. The van der Waals surface area contributed by atoms with E-state index in [-0.39, 0.29) is 6.10 Å². The summed E-state index contributed by atoms with van der Waals surface area (Å²) >= 11 is 0. The normalized spacial score (nSPS) is 18.4. The molecule has 3 nitrogen and oxygen atoms in total. The fourth-order valence-corrected chi connectivity index (χ4v) is 2.64. The van der Waals surface area contributed by atoms with E-state index in [1.165, 1.54) is 18.4 Å². The minimum Gasteiger partial charge on any atom is -0.390 e. The Balaban J connectivity index is 1.71. The Kier molecular flexibility index (Phi) is 5.17. The number of rotatable bonds is 6. The van der Waals surface area contributed by atoms with E-state index in [9.17, 15) is 5.11 Å². The number of aliphatic hydroxyl groups is 1. The van der Waals surface area contributed by atoms with Crippen LogP contribution in [0.3, 0.4) is 0 Å². The molecule has 1 atom stereocenters. The van der Waals surface area contributed by atoms with E-state index >= 15 is 0 Å². The zero-order valence-electron chi connectivity index (χ0n) is 11.3. The number of hydrogen-bond donors (Lipinski definition) is 1. The first-order valence-corrected chi connectivity index (χ1v) is 6.87. The summed E-state index contributed by atoms with van der Waals surface area (Å²) in [6.07, 6.45) is 2.33. The van der Waals surface area contributed by atoms with Crippen molar-refractivity contribution in [2.24, 2.45) is 0 Å². The maximum Gasteiger partial charge on any atom is 0.0793 e. The molecular formula is C15H24N2O. The number of likely N-dealkylation sites (N-methyl/N-ethyl adjacent to an activating group) is 1. The Bertz CT molecular complexity index is 336. The first-order valence-electron chi connectivity index (χ1n) is 6.87. The largest absolute Gasteiger partial charge is 0.390 e. The van der Waals surface area contributed by atoms with E-state index < -0.39 is 0 Å². The van der Waals surface area contributed by atoms with Gasteiger partial charge in [-0.1, -0.05) is 30.3 Å². The van der Waals surface area contributed by atoms with Crippen LogP contribution in [0.5, 0.6) is 0 Å². The summed E-state index contributed by atoms with van der Waals surface area (Å²) in [6, 6.07) is 10.4. The molecule has 1 heterocycles. The van der Waals surface area contributed by atoms with Crippen LogP contribution in [-0.4, -0.2) is 54.2 Å². The highest BCUT2D eigenvalue weighted by Crippen LogP contribution is 2.09. The molecule has 0 aliphatic carbocycles. The van der Waals surface area contributed by atoms with E-state index in [1.54, 1.807) is 0 Å². The second-order valence-corrected chi connectivity index (χ2v) is 5.34. The highest BCUT2D eigenvalue weighted by molar-refractivity contribution is 5.14. The molecule has 3 heteroatoms. The van der Waals surface area contributed by atoms with Gasteiger partial charge in [0.15, 0.2) is 0 Å². The number of likely N-dealkylation sites (tertiary alicyclic amines) is 1. The zero-order chi connectivity index (χ0) is 12.8. The fraction of sp³-hybridized carbons (Fsp3) is 0.600. The highest BCUT2D eigenvalue weighted by Gasteiger charge is 2.16. The SMILES string of the molecule is CN(Cc1ccccc1)C[C@@H](O)CN1CCCC1. The predicted molar refractivity (Wildman–Crippen MR) is 74.5 cm³/mol. The van der Waals surface area contributed by atoms with Crippen molar-refractivity contribution in [3.63, 3.8) is 0 Å². The average Bonchev–Trinajstić information content (AvgIpc) is 2.82. The van der Waals surface area contributed by atoms with Gasteiger partial charge in [0.05, 0.1) is 6.10 Å². The predicted octanol–water partition coefficient (Wildman–Crippen LogP) is 1.58. The lowest BCUT2D eigenvalue weighted by Crippen LogP contribution is -2.37. The zero-order valence-corrected chi connectivity index (χ0v) is 11.3. The molecule has 0 aromatic heterocycles. The monoisotopic (exact) mass is 248 g/mol. The molecule has 1 aliphatic heterocycles. The van der Waals surface area contributed by atoms with Crippen molar-refractivity contribution in [3.8, 4) is 0 Å². The molecule has 1 aliphatic rings. The van der Waals surface area contributed by atoms with Crippen molar-refractivity contribution in [2.45, 2.75) is 25.5 Å². The lowest BCUT2D eigenvalue weighted by Gasteiger charge is -2.24. The van der Waals surface area contributed by atoms with Gasteiger partial charge in [-0.2, -0.15) is 0 Å². The van der Waals surface area contributed by atoms with Crippen molar-refractivity contribution >= 4 is 0 Å². The van der Waals surface area contributed by atoms with E-state index in [1.807, 2.05) is 6.07 Å². The Morgan fingerprint density at radius 1 is 1.22 bits per heavy atom. The van der Waals surface area contributed by atoms with Crippen LogP contribution in [0.4, 0.5) is 0 Å². The Labute approximate surface area is 110 Å². The molecule has 18 heavy (non-hydrogen) atoms. The number of benzene rings is 1. The van der Waals surface area contributed by atoms with Gasteiger partial charge in [0, 0.05) is 19.6 Å². The molecule has 100 valence electrons. The summed E-state index contributed by atoms with van der Waals surface area (Å²) in [4.78, 5) is 4.55. The van der Waals surface area contributed by atoms with Crippen molar-refractivity contribution in [3.05, 3.63) is 35.9 Å². The Hall–Kier alpha value is -0.900. The number of nitrogens with zero attached hydrogens (tertiary/aromatic N) is 2. The van der Waals surface area contributed by atoms with E-state index in [4.69, 9.17) is 0 Å². The second kappa shape index (κ2) is 6.88. The van der Waals surface area contributed by atoms with Crippen molar-refractivity contribution in [2.75, 3.05) is 33.2 Å². The molecular weight excluding hydrogens is 224 g/mol. The minimum atomic E-state index is -0.239. The van der Waals surface area contributed by atoms with Crippen molar-refractivity contribution < 1.29 is 5.11 Å². The van der Waals surface area contributed by atoms with Gasteiger partial charge in [0.1, 0.15) is 0 Å². The van der Waals surface area contributed by atoms with E-state index in [2.05, 4.69) is 41.1 Å². The van der Waals surface area contributed by atoms with Crippen LogP contribution in [0.25, 0.3) is 0 Å². The van der Waals surface area contributed by atoms with Crippen LogP contribution >= 0.6 is 0 Å². The Morgan fingerprint density at radius 2 is 1.89 bits per heavy atom. The molecule has 1 fully saturated rings. The third-order valence-corrected chi connectivity index (χ3v) is 3.49. The third kappa shape index (κ3) is 4.41. The van der Waals surface area contributed by atoms with Gasteiger partial charge in [-0.15, -0.1) is 0 Å². The summed E-state index contributed by atoms with van der Waals surface area (Å²) in [7, 11) is 2.07. The van der Waals surface area contributed by atoms with Crippen molar-refractivity contribution in [1.29, 1.82) is 0 Å². The molecule has 0 spiro atoms. The summed E-state index contributed by atoms with van der Waals surface area (Å²) in [6.45, 7) is 4.77. The average molecular weight is 248 g/mol. The first kappa shape index (κ1) is 13.5. The highest BCUT2D eigenvalue weighted by atomic mass is 16.3. The van der Waals surface area contributed by atoms with Gasteiger partial charge in [0.25, 0.3) is 0 Å². The van der Waals surface area contributed by atoms with Gasteiger partial charge in [0.2, 0.25) is 0 Å². The molecule has 2 rings (SSSR count). The van der Waals surface area contributed by atoms with Gasteiger partial charge < -0.3 is 10.0 Å². The number of β-amino-alcohol motifs (C(OH)–C–C–N with tert-alkyl or cyclic N) is 1. The fourth-order valence-electron chi connectivity index (χ4n) is 2.64. The molecule has 1 aromatic rings. The molecule has 0 radical (unpaired) electrons. The van der Waals surface area contributed by atoms with E-state index in [0.717, 1.165) is 32.7 Å². The number of aliphatic hydroxyl groups excluding tert-OH is 1. The molecule has 1 aromatic carbocycles. The molecule has 0 saturated carbocycles. The summed E-state index contributed by atoms with van der Waals surface area (Å²) in [5, 5.41) is 10.1. The molecule has 0 amide bonds. The summed E-state index contributed by atoms with van der Waals surface area (Å²) in [5.41, 5.74) is 1.30. The topological polar surface area (TPSA) is 26.7 Å². The Morgan fingerprint density at radius 3 is 2.56 bits per heavy atom. The first-order chi connectivity index (χ1) is 8.74. The molecule has 1 N–H and O–H groups in total. The van der Waals surface area contributed by atoms with Crippen molar-refractivity contribution in [1.82, 2.24) is 9.80 Å². The molecule has 0 unspecified atom stereocenters. The maximum absolute atomic E-state index is 10.1. The van der Waals surface area contributed by atoms with Gasteiger partial charge in [-0.05, 0) is 38.5 Å². The smallest absolute Gasteiger partial charge is 0.0793 e. The summed E-state index contributed by atoms with van der Waals surface area (Å²) < 4.78 is 0. The lowest BCUT2D eigenvalue weighted by molar-refractivity contribution is 0.0883. The quantitative estimate of drug-likeness (QED) is 0.828. The van der Waals surface area contributed by atoms with Gasteiger partial charge >= 0.3 is 0 Å². The van der Waals surface area contributed by atoms with Crippen LogP contribution in [0.1, 0.15) is 18.4 Å². The second-order valence-electron chi connectivity index (χ2n) is 5.34. The molecule has 1 saturated heterocycles.